The van der Waals surface area contributed by atoms with Gasteiger partial charge in [-0.1, -0.05) is 25.4 Å². The second kappa shape index (κ2) is 6.44. The Hall–Kier alpha value is -1.30. The van der Waals surface area contributed by atoms with E-state index in [2.05, 4.69) is 29.8 Å². The average Bonchev–Trinajstić information content (AvgIpc) is 3.11. The van der Waals surface area contributed by atoms with E-state index >= 15 is 0 Å². The second-order valence-electron chi connectivity index (χ2n) is 5.87. The first-order chi connectivity index (χ1) is 10.5. The Bertz CT molecular complexity index is 650. The van der Waals surface area contributed by atoms with E-state index in [1.54, 1.807) is 17.6 Å². The molecule has 1 aliphatic heterocycles. The van der Waals surface area contributed by atoms with Gasteiger partial charge in [0, 0.05) is 17.1 Å². The lowest BCUT2D eigenvalue weighted by atomic mass is 10.0. The van der Waals surface area contributed by atoms with Crippen LogP contribution in [0.15, 0.2) is 33.9 Å². The van der Waals surface area contributed by atoms with Crippen molar-refractivity contribution in [3.05, 3.63) is 40.0 Å². The lowest BCUT2D eigenvalue weighted by molar-refractivity contribution is 0.493. The minimum absolute atomic E-state index is 0.169. The first kappa shape index (κ1) is 15.6. The molecule has 3 rings (SSSR count). The summed E-state index contributed by atoms with van der Waals surface area (Å²) < 4.78 is 5.43. The van der Waals surface area contributed by atoms with Crippen LogP contribution in [0.5, 0.6) is 0 Å². The Balaban J connectivity index is 1.83. The molecule has 2 atom stereocenters. The lowest BCUT2D eigenvalue weighted by Gasteiger charge is -2.28. The number of halogens is 1. The number of nitrogens with two attached hydrogens (primary N) is 1. The van der Waals surface area contributed by atoms with Crippen molar-refractivity contribution in [2.45, 2.75) is 38.5 Å². The highest BCUT2D eigenvalue weighted by Gasteiger charge is 2.25. The number of aliphatic imine (C=N–C) groups is 1. The van der Waals surface area contributed by atoms with Crippen molar-refractivity contribution < 1.29 is 4.42 Å². The van der Waals surface area contributed by atoms with Crippen molar-refractivity contribution >= 4 is 34.8 Å². The monoisotopic (exact) mass is 337 g/mol. The van der Waals surface area contributed by atoms with Crippen LogP contribution in [0.3, 0.4) is 0 Å². The molecule has 0 fully saturated rings. The third kappa shape index (κ3) is 3.21. The van der Waals surface area contributed by atoms with Crippen LogP contribution in [-0.4, -0.2) is 17.9 Å². The van der Waals surface area contributed by atoms with E-state index in [9.17, 15) is 0 Å². The summed E-state index contributed by atoms with van der Waals surface area (Å²) in [6.45, 7) is 4.91. The molecule has 0 saturated heterocycles. The summed E-state index contributed by atoms with van der Waals surface area (Å²) in [5.41, 5.74) is 6.91. The summed E-state index contributed by atoms with van der Waals surface area (Å²) in [7, 11) is 0. The van der Waals surface area contributed by atoms with Crippen LogP contribution in [0.2, 0.25) is 0 Å². The minimum atomic E-state index is -0.404. The number of alkyl halides is 1. The fourth-order valence-electron chi connectivity index (χ4n) is 2.39. The number of rotatable bonds is 5. The molecular formula is C16H20ClN3OS. The SMILES string of the molecule is CC(C)[C@H](N)Cc1cc2c(s1)C=NC(Cl)N2Cc1ccco1. The van der Waals surface area contributed by atoms with Gasteiger partial charge in [-0.3, -0.25) is 4.99 Å². The largest absolute Gasteiger partial charge is 0.467 e. The van der Waals surface area contributed by atoms with E-state index in [-0.39, 0.29) is 6.04 Å². The Kier molecular flexibility index (Phi) is 4.57. The molecular weight excluding hydrogens is 318 g/mol. The number of nitrogens with zero attached hydrogens (tertiary/aromatic N) is 2. The van der Waals surface area contributed by atoms with E-state index in [0.717, 1.165) is 22.7 Å². The van der Waals surface area contributed by atoms with Crippen molar-refractivity contribution in [3.8, 4) is 0 Å². The highest BCUT2D eigenvalue weighted by molar-refractivity contribution is 7.14. The van der Waals surface area contributed by atoms with Gasteiger partial charge in [-0.2, -0.15) is 0 Å². The zero-order valence-corrected chi connectivity index (χ0v) is 14.3. The molecule has 3 heterocycles. The number of thiophene rings is 1. The van der Waals surface area contributed by atoms with Crippen molar-refractivity contribution in [3.63, 3.8) is 0 Å². The third-order valence-electron chi connectivity index (χ3n) is 3.87. The number of hydrogen-bond donors (Lipinski definition) is 1. The summed E-state index contributed by atoms with van der Waals surface area (Å²) in [5.74, 6) is 1.34. The molecule has 0 spiro atoms. The molecule has 4 nitrogen and oxygen atoms in total. The van der Waals surface area contributed by atoms with Gasteiger partial charge in [0.15, 0.2) is 5.62 Å². The molecule has 22 heavy (non-hydrogen) atoms. The normalized spacial score (nSPS) is 18.8. The minimum Gasteiger partial charge on any atom is -0.467 e. The van der Waals surface area contributed by atoms with Crippen LogP contribution in [0.1, 0.15) is 29.4 Å². The maximum Gasteiger partial charge on any atom is 0.198 e. The van der Waals surface area contributed by atoms with Crippen molar-refractivity contribution in [2.24, 2.45) is 16.6 Å². The van der Waals surface area contributed by atoms with Crippen LogP contribution in [-0.2, 0) is 13.0 Å². The van der Waals surface area contributed by atoms with Crippen molar-refractivity contribution in [1.82, 2.24) is 0 Å². The predicted octanol–water partition coefficient (Wildman–Crippen LogP) is 3.83. The molecule has 1 aliphatic rings. The average molecular weight is 338 g/mol. The Morgan fingerprint density at radius 2 is 2.32 bits per heavy atom. The molecule has 0 amide bonds. The fraction of sp³-hybridized carbons (Fsp3) is 0.438. The van der Waals surface area contributed by atoms with Gasteiger partial charge in [0.2, 0.25) is 0 Å². The second-order valence-corrected chi connectivity index (χ2v) is 7.43. The van der Waals surface area contributed by atoms with Gasteiger partial charge in [0.05, 0.1) is 23.4 Å². The van der Waals surface area contributed by atoms with Crippen LogP contribution in [0.25, 0.3) is 0 Å². The Morgan fingerprint density at radius 1 is 1.50 bits per heavy atom. The van der Waals surface area contributed by atoms with E-state index in [0.29, 0.717) is 12.5 Å². The molecule has 2 N–H and O–H groups in total. The first-order valence-corrected chi connectivity index (χ1v) is 8.64. The van der Waals surface area contributed by atoms with E-state index in [1.807, 2.05) is 18.3 Å². The van der Waals surface area contributed by atoms with Crippen LogP contribution in [0, 0.1) is 5.92 Å². The smallest absolute Gasteiger partial charge is 0.198 e. The van der Waals surface area contributed by atoms with Crippen molar-refractivity contribution in [1.29, 1.82) is 0 Å². The molecule has 0 bridgehead atoms. The molecule has 0 radical (unpaired) electrons. The van der Waals surface area contributed by atoms with Gasteiger partial charge in [-0.25, -0.2) is 0 Å². The molecule has 2 aromatic heterocycles. The summed E-state index contributed by atoms with van der Waals surface area (Å²) >= 11 is 8.10. The van der Waals surface area contributed by atoms with Crippen LogP contribution in [0.4, 0.5) is 5.69 Å². The highest BCUT2D eigenvalue weighted by atomic mass is 35.5. The first-order valence-electron chi connectivity index (χ1n) is 7.39. The summed E-state index contributed by atoms with van der Waals surface area (Å²) in [5, 5.41) is 0. The van der Waals surface area contributed by atoms with Gasteiger partial charge in [0.1, 0.15) is 5.76 Å². The summed E-state index contributed by atoms with van der Waals surface area (Å²) in [6.07, 6.45) is 4.42. The Morgan fingerprint density at radius 3 is 3.00 bits per heavy atom. The van der Waals surface area contributed by atoms with E-state index < -0.39 is 5.62 Å². The number of fused-ring (bicyclic) bond motifs is 1. The van der Waals surface area contributed by atoms with Crippen LogP contribution >= 0.6 is 22.9 Å². The molecule has 1 unspecified atom stereocenters. The molecule has 0 saturated carbocycles. The quantitative estimate of drug-likeness (QED) is 0.666. The highest BCUT2D eigenvalue weighted by Crippen LogP contribution is 2.36. The standard InChI is InChI=1S/C16H20ClN3OS/c1-10(2)13(18)6-12-7-14-15(22-12)8-19-16(17)20(14)9-11-4-3-5-21-11/h3-5,7-8,10,13,16H,6,9,18H2,1-2H3/t13-,16?/m1/s1. The zero-order chi connectivity index (χ0) is 15.7. The third-order valence-corrected chi connectivity index (χ3v) is 5.30. The van der Waals surface area contributed by atoms with Gasteiger partial charge in [-0.15, -0.1) is 11.3 Å². The number of anilines is 1. The number of hydrogen-bond acceptors (Lipinski definition) is 5. The van der Waals surface area contributed by atoms with Gasteiger partial charge < -0.3 is 15.1 Å². The molecule has 118 valence electrons. The van der Waals surface area contributed by atoms with Gasteiger partial charge in [-0.05, 0) is 30.5 Å². The van der Waals surface area contributed by atoms with E-state index in [4.69, 9.17) is 21.8 Å². The molecule has 6 heteroatoms. The molecule has 0 aromatic carbocycles. The van der Waals surface area contributed by atoms with Crippen LogP contribution < -0.4 is 10.6 Å². The maximum absolute atomic E-state index is 6.36. The molecule has 0 aliphatic carbocycles. The lowest BCUT2D eigenvalue weighted by Crippen LogP contribution is -2.32. The van der Waals surface area contributed by atoms with Crippen molar-refractivity contribution in [2.75, 3.05) is 4.90 Å². The van der Waals surface area contributed by atoms with E-state index in [1.165, 1.54) is 4.88 Å². The van der Waals surface area contributed by atoms with Gasteiger partial charge in [0.25, 0.3) is 0 Å². The topological polar surface area (TPSA) is 54.8 Å². The van der Waals surface area contributed by atoms with Gasteiger partial charge >= 0.3 is 0 Å². The Labute approximate surface area is 139 Å². The maximum atomic E-state index is 6.36. The summed E-state index contributed by atoms with van der Waals surface area (Å²) in [6, 6.07) is 6.19. The molecule has 2 aromatic rings. The summed E-state index contributed by atoms with van der Waals surface area (Å²) in [4.78, 5) is 8.82. The number of furan rings is 1. The zero-order valence-electron chi connectivity index (χ0n) is 12.7. The predicted molar refractivity (Wildman–Crippen MR) is 93.0 cm³/mol. The fourth-order valence-corrected chi connectivity index (χ4v) is 3.74.